The first-order valence-corrected chi connectivity index (χ1v) is 10.7. The van der Waals surface area contributed by atoms with Crippen LogP contribution in [-0.2, 0) is 0 Å². The van der Waals surface area contributed by atoms with Gasteiger partial charge in [-0.05, 0) is 36.9 Å². The van der Waals surface area contributed by atoms with Gasteiger partial charge in [0.1, 0.15) is 17.1 Å². The maximum atomic E-state index is 15.9. The van der Waals surface area contributed by atoms with Gasteiger partial charge in [0.05, 0.1) is 10.9 Å². The van der Waals surface area contributed by atoms with Crippen molar-refractivity contribution in [3.8, 4) is 0 Å². The maximum absolute atomic E-state index is 15.9. The zero-order valence-electron chi connectivity index (χ0n) is 17.3. The van der Waals surface area contributed by atoms with Crippen LogP contribution in [0.1, 0.15) is 40.7 Å². The van der Waals surface area contributed by atoms with Crippen LogP contribution in [0.15, 0.2) is 47.4 Å². The first-order valence-electron chi connectivity index (χ1n) is 10.7. The summed E-state index contributed by atoms with van der Waals surface area (Å²) in [5, 5.41) is 9.14. The average molecular weight is 439 g/mol. The number of aromatic nitrogens is 1. The molecule has 3 N–H and O–H groups in total. The molecule has 2 aliphatic rings. The number of aromatic carboxylic acids is 1. The van der Waals surface area contributed by atoms with Crippen molar-refractivity contribution in [3.05, 3.63) is 75.6 Å². The molecule has 3 aromatic rings. The second-order valence-corrected chi connectivity index (χ2v) is 8.65. The molecule has 1 saturated carbocycles. The van der Waals surface area contributed by atoms with Crippen molar-refractivity contribution in [2.24, 2.45) is 11.7 Å². The van der Waals surface area contributed by atoms with E-state index in [1.165, 1.54) is 10.8 Å². The molecule has 166 valence electrons. The van der Waals surface area contributed by atoms with Gasteiger partial charge in [-0.1, -0.05) is 30.3 Å². The topological polar surface area (TPSA) is 88.6 Å². The highest BCUT2D eigenvalue weighted by Gasteiger charge is 2.37. The minimum absolute atomic E-state index is 0.0203. The van der Waals surface area contributed by atoms with Crippen molar-refractivity contribution in [2.45, 2.75) is 24.8 Å². The minimum Gasteiger partial charge on any atom is -0.477 e. The van der Waals surface area contributed by atoms with E-state index in [1.54, 1.807) is 4.90 Å². The number of pyridine rings is 1. The first-order chi connectivity index (χ1) is 15.4. The van der Waals surface area contributed by atoms with Crippen LogP contribution < -0.4 is 16.1 Å². The van der Waals surface area contributed by atoms with E-state index in [0.717, 1.165) is 24.5 Å². The fraction of sp³-hybridized carbons (Fsp3) is 0.333. The summed E-state index contributed by atoms with van der Waals surface area (Å²) < 4.78 is 32.6. The van der Waals surface area contributed by atoms with Crippen LogP contribution in [0.25, 0.3) is 10.9 Å². The first kappa shape index (κ1) is 20.6. The Bertz CT molecular complexity index is 1270. The number of fused-ring (bicyclic) bond motifs is 1. The average Bonchev–Trinajstić information content (AvgIpc) is 3.54. The predicted molar refractivity (Wildman–Crippen MR) is 117 cm³/mol. The third-order valence-corrected chi connectivity index (χ3v) is 6.64. The molecule has 0 spiro atoms. The van der Waals surface area contributed by atoms with Crippen LogP contribution in [0, 0.1) is 17.6 Å². The van der Waals surface area contributed by atoms with Gasteiger partial charge in [-0.25, -0.2) is 13.6 Å². The molecule has 2 heterocycles. The smallest absolute Gasteiger partial charge is 0.341 e. The van der Waals surface area contributed by atoms with Crippen LogP contribution >= 0.6 is 0 Å². The van der Waals surface area contributed by atoms with Crippen LogP contribution in [0.4, 0.5) is 14.5 Å². The van der Waals surface area contributed by atoms with Gasteiger partial charge in [0.2, 0.25) is 5.43 Å². The Balaban J connectivity index is 1.66. The van der Waals surface area contributed by atoms with Crippen molar-refractivity contribution in [3.63, 3.8) is 0 Å². The molecule has 2 atom stereocenters. The highest BCUT2D eigenvalue weighted by molar-refractivity contribution is 5.94. The molecular weight excluding hydrogens is 416 g/mol. The number of hydrogen-bond acceptors (Lipinski definition) is 4. The number of carboxylic acid groups (broad SMARTS) is 1. The van der Waals surface area contributed by atoms with E-state index < -0.39 is 28.6 Å². The van der Waals surface area contributed by atoms with Gasteiger partial charge in [-0.2, -0.15) is 0 Å². The summed E-state index contributed by atoms with van der Waals surface area (Å²) in [4.78, 5) is 25.9. The Morgan fingerprint density at radius 1 is 1.16 bits per heavy atom. The summed E-state index contributed by atoms with van der Waals surface area (Å²) in [6.45, 7) is 1.16. The fourth-order valence-corrected chi connectivity index (χ4v) is 4.88. The Morgan fingerprint density at radius 3 is 2.50 bits per heavy atom. The lowest BCUT2D eigenvalue weighted by molar-refractivity contribution is 0.0694. The molecule has 1 aliphatic carbocycles. The van der Waals surface area contributed by atoms with Crippen molar-refractivity contribution < 1.29 is 18.7 Å². The molecule has 2 fully saturated rings. The lowest BCUT2D eigenvalue weighted by Gasteiger charge is -2.22. The normalized spacial score (nSPS) is 20.8. The van der Waals surface area contributed by atoms with Crippen molar-refractivity contribution in [1.29, 1.82) is 0 Å². The Morgan fingerprint density at radius 2 is 1.88 bits per heavy atom. The van der Waals surface area contributed by atoms with E-state index in [9.17, 15) is 14.7 Å². The minimum atomic E-state index is -1.41. The van der Waals surface area contributed by atoms with Crippen LogP contribution in [0.2, 0.25) is 0 Å². The van der Waals surface area contributed by atoms with Gasteiger partial charge in [0.15, 0.2) is 5.82 Å². The number of rotatable bonds is 5. The van der Waals surface area contributed by atoms with Crippen molar-refractivity contribution in [2.75, 3.05) is 24.5 Å². The lowest BCUT2D eigenvalue weighted by Crippen LogP contribution is -2.26. The van der Waals surface area contributed by atoms with Gasteiger partial charge < -0.3 is 20.3 Å². The summed E-state index contributed by atoms with van der Waals surface area (Å²) >= 11 is 0. The number of benzene rings is 2. The molecule has 1 saturated heterocycles. The number of hydrogen-bond donors (Lipinski definition) is 2. The van der Waals surface area contributed by atoms with Crippen LogP contribution in [0.3, 0.4) is 0 Å². The molecule has 6 nitrogen and oxygen atoms in total. The van der Waals surface area contributed by atoms with Crippen molar-refractivity contribution >= 4 is 22.6 Å². The number of nitrogens with zero attached hydrogens (tertiary/aromatic N) is 2. The van der Waals surface area contributed by atoms with E-state index >= 15 is 8.78 Å². The molecule has 1 aliphatic heterocycles. The number of halogens is 2. The lowest BCUT2D eigenvalue weighted by atomic mass is 9.89. The molecule has 8 heteroatoms. The monoisotopic (exact) mass is 439 g/mol. The highest BCUT2D eigenvalue weighted by atomic mass is 19.1. The molecule has 2 aromatic carbocycles. The Labute approximate surface area is 182 Å². The molecule has 0 bridgehead atoms. The molecule has 1 aromatic heterocycles. The largest absolute Gasteiger partial charge is 0.477 e. The molecule has 5 rings (SSSR count). The van der Waals surface area contributed by atoms with Gasteiger partial charge >= 0.3 is 5.97 Å². The SMILES string of the molecule is NCC1CN(c2c(F)cc3c(=O)c(C(=O)O)cn(C4CC4)c3c2F)CC1c1ccccc1. The van der Waals surface area contributed by atoms with Gasteiger partial charge in [-0.15, -0.1) is 0 Å². The van der Waals surface area contributed by atoms with Gasteiger partial charge in [-0.3, -0.25) is 4.79 Å². The predicted octanol–water partition coefficient (Wildman–Crippen LogP) is 3.49. The zero-order chi connectivity index (χ0) is 22.6. The molecular formula is C24H23F2N3O3. The summed E-state index contributed by atoms with van der Waals surface area (Å²) in [7, 11) is 0. The van der Waals surface area contributed by atoms with Crippen LogP contribution in [-0.4, -0.2) is 35.3 Å². The van der Waals surface area contributed by atoms with E-state index in [1.807, 2.05) is 30.3 Å². The number of carboxylic acids is 1. The fourth-order valence-electron chi connectivity index (χ4n) is 4.88. The van der Waals surface area contributed by atoms with E-state index in [4.69, 9.17) is 5.73 Å². The van der Waals surface area contributed by atoms with Gasteiger partial charge in [0.25, 0.3) is 0 Å². The maximum Gasteiger partial charge on any atom is 0.341 e. The van der Waals surface area contributed by atoms with Crippen molar-refractivity contribution in [1.82, 2.24) is 4.57 Å². The highest BCUT2D eigenvalue weighted by Crippen LogP contribution is 2.42. The second kappa shape index (κ2) is 7.70. The van der Waals surface area contributed by atoms with Gasteiger partial charge in [0, 0.05) is 31.2 Å². The molecule has 32 heavy (non-hydrogen) atoms. The van der Waals surface area contributed by atoms with Crippen LogP contribution in [0.5, 0.6) is 0 Å². The summed E-state index contributed by atoms with van der Waals surface area (Å²) in [6.07, 6.45) is 2.69. The molecule has 0 amide bonds. The number of carbonyl (C=O) groups is 1. The summed E-state index contributed by atoms with van der Waals surface area (Å²) in [6, 6.07) is 10.6. The zero-order valence-corrected chi connectivity index (χ0v) is 17.3. The summed E-state index contributed by atoms with van der Waals surface area (Å²) in [5.74, 6) is -3.07. The Kier molecular flexibility index (Phi) is 4.97. The molecule has 2 unspecified atom stereocenters. The number of anilines is 1. The quantitative estimate of drug-likeness (QED) is 0.635. The summed E-state index contributed by atoms with van der Waals surface area (Å²) in [5.41, 5.74) is 5.47. The molecule has 0 radical (unpaired) electrons. The van der Waals surface area contributed by atoms with E-state index in [-0.39, 0.29) is 34.5 Å². The van der Waals surface area contributed by atoms with E-state index in [2.05, 4.69) is 0 Å². The third-order valence-electron chi connectivity index (χ3n) is 6.64. The Hall–Kier alpha value is -3.26. The van der Waals surface area contributed by atoms with E-state index in [0.29, 0.717) is 19.6 Å². The standard InChI is InChI=1S/C24H23F2N3O3/c25-19-8-16-21(29(15-6-7-15)12-18(23(16)30)24(31)32)20(26)22(19)28-10-14(9-27)17(11-28)13-4-2-1-3-5-13/h1-5,8,12,14-15,17H,6-7,9-11,27H2,(H,31,32). The number of nitrogens with two attached hydrogens (primary N) is 1. The second-order valence-electron chi connectivity index (χ2n) is 8.65. The third kappa shape index (κ3) is 3.26.